The number of hydrogen-bond donors (Lipinski definition) is 1. The highest BCUT2D eigenvalue weighted by molar-refractivity contribution is 9.10. The van der Waals surface area contributed by atoms with Gasteiger partial charge in [-0.15, -0.1) is 0 Å². The molecule has 1 unspecified atom stereocenters. The molecule has 5 heteroatoms. The molecule has 2 rings (SSSR count). The van der Waals surface area contributed by atoms with E-state index in [4.69, 9.17) is 10.5 Å². The molecular weight excluding hydrogens is 306 g/mol. The van der Waals surface area contributed by atoms with Crippen LogP contribution in [-0.4, -0.2) is 16.0 Å². The van der Waals surface area contributed by atoms with Gasteiger partial charge in [-0.25, -0.2) is 0 Å². The Hall–Kier alpha value is -1.46. The molecule has 100 valence electrons. The monoisotopic (exact) mass is 321 g/mol. The van der Waals surface area contributed by atoms with Crippen LogP contribution in [0.5, 0.6) is 5.75 Å². The summed E-state index contributed by atoms with van der Waals surface area (Å²) in [5.41, 5.74) is 7.58. The number of rotatable bonds is 5. The number of nitrogens with two attached hydrogens (primary N) is 1. The van der Waals surface area contributed by atoms with Crippen LogP contribution in [0.3, 0.4) is 0 Å². The molecule has 4 nitrogen and oxygen atoms in total. The SMILES string of the molecule is CC(N)Cc1ccc(OCc2ccc(Br)cn2)cn1. The van der Waals surface area contributed by atoms with E-state index in [1.165, 1.54) is 0 Å². The van der Waals surface area contributed by atoms with Crippen molar-refractivity contribution in [1.82, 2.24) is 9.97 Å². The van der Waals surface area contributed by atoms with Crippen LogP contribution in [0.2, 0.25) is 0 Å². The molecule has 0 radical (unpaired) electrons. The second kappa shape index (κ2) is 6.63. The summed E-state index contributed by atoms with van der Waals surface area (Å²) in [6.45, 7) is 2.40. The number of hydrogen-bond acceptors (Lipinski definition) is 4. The van der Waals surface area contributed by atoms with Crippen molar-refractivity contribution < 1.29 is 4.74 Å². The fourth-order valence-corrected chi connectivity index (χ4v) is 1.83. The Morgan fingerprint density at radius 1 is 1.16 bits per heavy atom. The zero-order chi connectivity index (χ0) is 13.7. The lowest BCUT2D eigenvalue weighted by Gasteiger charge is -2.07. The third-order valence-electron chi connectivity index (χ3n) is 2.50. The van der Waals surface area contributed by atoms with Gasteiger partial charge in [-0.2, -0.15) is 0 Å². The van der Waals surface area contributed by atoms with E-state index in [9.17, 15) is 0 Å². The molecular formula is C14H16BrN3O. The molecule has 0 amide bonds. The van der Waals surface area contributed by atoms with E-state index in [1.807, 2.05) is 31.2 Å². The molecule has 0 saturated heterocycles. The third kappa shape index (κ3) is 4.61. The third-order valence-corrected chi connectivity index (χ3v) is 2.97. The summed E-state index contributed by atoms with van der Waals surface area (Å²) in [7, 11) is 0. The first-order chi connectivity index (χ1) is 9.13. The molecule has 0 aliphatic heterocycles. The normalized spacial score (nSPS) is 12.2. The average Bonchev–Trinajstić information content (AvgIpc) is 2.39. The van der Waals surface area contributed by atoms with Crippen LogP contribution < -0.4 is 10.5 Å². The molecule has 1 atom stereocenters. The van der Waals surface area contributed by atoms with Crippen molar-refractivity contribution in [2.45, 2.75) is 26.0 Å². The van der Waals surface area contributed by atoms with Gasteiger partial charge in [0.25, 0.3) is 0 Å². The van der Waals surface area contributed by atoms with Gasteiger partial charge in [0.15, 0.2) is 0 Å². The number of halogens is 1. The van der Waals surface area contributed by atoms with Crippen molar-refractivity contribution in [2.24, 2.45) is 5.73 Å². The molecule has 2 aromatic rings. The van der Waals surface area contributed by atoms with Gasteiger partial charge in [0.1, 0.15) is 12.4 Å². The zero-order valence-corrected chi connectivity index (χ0v) is 12.3. The highest BCUT2D eigenvalue weighted by atomic mass is 79.9. The molecule has 0 aliphatic rings. The minimum Gasteiger partial charge on any atom is -0.486 e. The Morgan fingerprint density at radius 3 is 2.47 bits per heavy atom. The van der Waals surface area contributed by atoms with E-state index in [-0.39, 0.29) is 6.04 Å². The zero-order valence-electron chi connectivity index (χ0n) is 10.7. The second-order valence-electron chi connectivity index (χ2n) is 4.42. The minimum absolute atomic E-state index is 0.117. The molecule has 2 heterocycles. The van der Waals surface area contributed by atoms with Gasteiger partial charge in [-0.3, -0.25) is 9.97 Å². The van der Waals surface area contributed by atoms with Gasteiger partial charge in [0.05, 0.1) is 11.9 Å². The summed E-state index contributed by atoms with van der Waals surface area (Å²) in [4.78, 5) is 8.55. The molecule has 0 spiro atoms. The minimum atomic E-state index is 0.117. The van der Waals surface area contributed by atoms with Gasteiger partial charge in [-0.05, 0) is 47.1 Å². The summed E-state index contributed by atoms with van der Waals surface area (Å²) >= 11 is 3.35. The lowest BCUT2D eigenvalue weighted by molar-refractivity contribution is 0.300. The summed E-state index contributed by atoms with van der Waals surface area (Å²) in [5.74, 6) is 0.734. The average molecular weight is 322 g/mol. The van der Waals surface area contributed by atoms with E-state index < -0.39 is 0 Å². The van der Waals surface area contributed by atoms with Crippen LogP contribution in [0.4, 0.5) is 0 Å². The van der Waals surface area contributed by atoms with E-state index in [2.05, 4.69) is 25.9 Å². The largest absolute Gasteiger partial charge is 0.486 e. The number of ether oxygens (including phenoxy) is 1. The number of aromatic nitrogens is 2. The van der Waals surface area contributed by atoms with Crippen LogP contribution in [-0.2, 0) is 13.0 Å². The van der Waals surface area contributed by atoms with Gasteiger partial charge in [0, 0.05) is 28.8 Å². The lowest BCUT2D eigenvalue weighted by atomic mass is 10.2. The number of nitrogens with zero attached hydrogens (tertiary/aromatic N) is 2. The van der Waals surface area contributed by atoms with Crippen molar-refractivity contribution in [3.8, 4) is 5.75 Å². The Bertz CT molecular complexity index is 511. The van der Waals surface area contributed by atoms with E-state index in [0.29, 0.717) is 6.61 Å². The molecule has 2 aromatic heterocycles. The van der Waals surface area contributed by atoms with Crippen LogP contribution in [0.25, 0.3) is 0 Å². The first-order valence-corrected chi connectivity index (χ1v) is 6.86. The van der Waals surface area contributed by atoms with E-state index in [1.54, 1.807) is 12.4 Å². The van der Waals surface area contributed by atoms with Crippen LogP contribution in [0.1, 0.15) is 18.3 Å². The van der Waals surface area contributed by atoms with E-state index >= 15 is 0 Å². The first-order valence-electron chi connectivity index (χ1n) is 6.07. The first kappa shape index (κ1) is 14.0. The van der Waals surface area contributed by atoms with Crippen molar-refractivity contribution >= 4 is 15.9 Å². The molecule has 2 N–H and O–H groups in total. The molecule has 19 heavy (non-hydrogen) atoms. The fraction of sp³-hybridized carbons (Fsp3) is 0.286. The Labute approximate surface area is 121 Å². The van der Waals surface area contributed by atoms with Gasteiger partial charge in [0.2, 0.25) is 0 Å². The quantitative estimate of drug-likeness (QED) is 0.919. The van der Waals surface area contributed by atoms with Crippen molar-refractivity contribution in [3.63, 3.8) is 0 Å². The standard InChI is InChI=1S/C14H16BrN3O/c1-10(16)6-12-4-5-14(8-18-12)19-9-13-3-2-11(15)7-17-13/h2-5,7-8,10H,6,9,16H2,1H3. The van der Waals surface area contributed by atoms with Gasteiger partial charge < -0.3 is 10.5 Å². The lowest BCUT2D eigenvalue weighted by Crippen LogP contribution is -2.18. The number of pyridine rings is 2. The predicted octanol–water partition coefficient (Wildman–Crippen LogP) is 2.71. The molecule has 0 fully saturated rings. The van der Waals surface area contributed by atoms with Crippen LogP contribution in [0.15, 0.2) is 41.1 Å². The Balaban J connectivity index is 1.91. The van der Waals surface area contributed by atoms with Gasteiger partial charge >= 0.3 is 0 Å². The maximum Gasteiger partial charge on any atom is 0.138 e. The van der Waals surface area contributed by atoms with Crippen LogP contribution in [0, 0.1) is 0 Å². The maximum absolute atomic E-state index is 5.73. The fourth-order valence-electron chi connectivity index (χ4n) is 1.60. The van der Waals surface area contributed by atoms with Crippen LogP contribution >= 0.6 is 15.9 Å². The molecule has 0 bridgehead atoms. The van der Waals surface area contributed by atoms with Gasteiger partial charge in [-0.1, -0.05) is 0 Å². The maximum atomic E-state index is 5.73. The Kier molecular flexibility index (Phi) is 4.87. The summed E-state index contributed by atoms with van der Waals surface area (Å²) < 4.78 is 6.58. The Morgan fingerprint density at radius 2 is 1.89 bits per heavy atom. The summed E-state index contributed by atoms with van der Waals surface area (Å²) in [6, 6.07) is 7.82. The molecule has 0 aliphatic carbocycles. The highest BCUT2D eigenvalue weighted by Crippen LogP contribution is 2.13. The highest BCUT2D eigenvalue weighted by Gasteiger charge is 2.01. The van der Waals surface area contributed by atoms with Crippen molar-refractivity contribution in [1.29, 1.82) is 0 Å². The summed E-state index contributed by atoms with van der Waals surface area (Å²) in [5, 5.41) is 0. The molecule has 0 aromatic carbocycles. The summed E-state index contributed by atoms with van der Waals surface area (Å²) in [6.07, 6.45) is 4.24. The predicted molar refractivity (Wildman–Crippen MR) is 77.9 cm³/mol. The van der Waals surface area contributed by atoms with Crippen molar-refractivity contribution in [2.75, 3.05) is 0 Å². The molecule has 0 saturated carbocycles. The smallest absolute Gasteiger partial charge is 0.138 e. The topological polar surface area (TPSA) is 61.0 Å². The van der Waals surface area contributed by atoms with E-state index in [0.717, 1.165) is 28.0 Å². The second-order valence-corrected chi connectivity index (χ2v) is 5.34. The van der Waals surface area contributed by atoms with Crippen molar-refractivity contribution in [3.05, 3.63) is 52.5 Å².